The monoisotopic (exact) mass is 364 g/mol. The highest BCUT2D eigenvalue weighted by atomic mass is 16.1. The summed E-state index contributed by atoms with van der Waals surface area (Å²) in [6.45, 7) is 2.15. The van der Waals surface area contributed by atoms with Gasteiger partial charge in [0, 0.05) is 25.8 Å². The van der Waals surface area contributed by atoms with Crippen LogP contribution in [0.3, 0.4) is 0 Å². The number of anilines is 1. The van der Waals surface area contributed by atoms with E-state index in [1.807, 2.05) is 30.3 Å². The molecule has 1 saturated heterocycles. The maximum Gasteiger partial charge on any atom is 0.243 e. The Balaban J connectivity index is 1.43. The Hall–Kier alpha value is -2.82. The number of benzene rings is 2. The van der Waals surface area contributed by atoms with E-state index in [9.17, 15) is 4.79 Å². The largest absolute Gasteiger partial charge is 0.347 e. The number of carbonyl (C=O) groups is 1. The van der Waals surface area contributed by atoms with E-state index in [1.165, 1.54) is 5.56 Å². The van der Waals surface area contributed by atoms with Crippen molar-refractivity contribution >= 4 is 17.6 Å². The lowest BCUT2D eigenvalue weighted by Gasteiger charge is -2.34. The van der Waals surface area contributed by atoms with Crippen LogP contribution < -0.4 is 10.6 Å². The normalized spacial score (nSPS) is 15.4. The summed E-state index contributed by atoms with van der Waals surface area (Å²) in [6.07, 6.45) is 3.43. The van der Waals surface area contributed by atoms with Gasteiger partial charge in [0.15, 0.2) is 5.96 Å². The van der Waals surface area contributed by atoms with Crippen molar-refractivity contribution in [2.24, 2.45) is 10.9 Å². The molecule has 1 aliphatic rings. The first-order valence-electron chi connectivity index (χ1n) is 9.59. The Morgan fingerprint density at radius 3 is 2.30 bits per heavy atom. The topological polar surface area (TPSA) is 56.7 Å². The third-order valence-electron chi connectivity index (χ3n) is 4.96. The average molecular weight is 364 g/mol. The van der Waals surface area contributed by atoms with Crippen molar-refractivity contribution in [3.05, 3.63) is 66.2 Å². The number of carbonyl (C=O) groups excluding carboxylic acids is 1. The first-order chi connectivity index (χ1) is 13.2. The number of rotatable bonds is 5. The molecule has 5 heteroatoms. The lowest BCUT2D eigenvalue weighted by molar-refractivity contribution is -0.115. The number of hydrogen-bond donors (Lipinski definition) is 2. The van der Waals surface area contributed by atoms with Crippen LogP contribution in [0.1, 0.15) is 18.4 Å². The van der Waals surface area contributed by atoms with Gasteiger partial charge in [-0.1, -0.05) is 48.5 Å². The summed E-state index contributed by atoms with van der Waals surface area (Å²) in [5.41, 5.74) is 2.22. The first kappa shape index (κ1) is 19.0. The molecule has 1 heterocycles. The molecule has 2 N–H and O–H groups in total. The van der Waals surface area contributed by atoms with Crippen molar-refractivity contribution in [1.82, 2.24) is 10.2 Å². The highest BCUT2D eigenvalue weighted by molar-refractivity contribution is 5.94. The van der Waals surface area contributed by atoms with Gasteiger partial charge in [-0.3, -0.25) is 9.79 Å². The van der Waals surface area contributed by atoms with Crippen molar-refractivity contribution in [2.75, 3.05) is 32.0 Å². The number of piperidine rings is 1. The molecule has 3 rings (SSSR count). The molecule has 1 aliphatic heterocycles. The van der Waals surface area contributed by atoms with Crippen LogP contribution in [0.25, 0.3) is 0 Å². The summed E-state index contributed by atoms with van der Waals surface area (Å²) in [5.74, 6) is 1.45. The van der Waals surface area contributed by atoms with Gasteiger partial charge in [0.05, 0.1) is 6.54 Å². The molecule has 0 saturated carbocycles. The minimum Gasteiger partial charge on any atom is -0.347 e. The molecule has 142 valence electrons. The summed E-state index contributed by atoms with van der Waals surface area (Å²) in [5, 5.41) is 6.07. The van der Waals surface area contributed by atoms with E-state index in [-0.39, 0.29) is 12.5 Å². The second kappa shape index (κ2) is 9.76. The maximum absolute atomic E-state index is 12.1. The fraction of sp³-hybridized carbons (Fsp3) is 0.364. The van der Waals surface area contributed by atoms with Gasteiger partial charge in [0.1, 0.15) is 0 Å². The molecule has 0 spiro atoms. The van der Waals surface area contributed by atoms with Crippen molar-refractivity contribution in [3.8, 4) is 0 Å². The second-order valence-electron chi connectivity index (χ2n) is 6.94. The zero-order valence-electron chi connectivity index (χ0n) is 15.9. The molecule has 1 amide bonds. The molecule has 2 aromatic rings. The number of para-hydroxylation sites is 1. The van der Waals surface area contributed by atoms with E-state index in [0.29, 0.717) is 5.92 Å². The Morgan fingerprint density at radius 1 is 1.04 bits per heavy atom. The van der Waals surface area contributed by atoms with E-state index < -0.39 is 0 Å². The van der Waals surface area contributed by atoms with Crippen molar-refractivity contribution in [1.29, 1.82) is 0 Å². The minimum absolute atomic E-state index is 0.0682. The number of likely N-dealkylation sites (tertiary alicyclic amines) is 1. The first-order valence-corrected chi connectivity index (χ1v) is 9.59. The summed E-state index contributed by atoms with van der Waals surface area (Å²) < 4.78 is 0. The van der Waals surface area contributed by atoms with E-state index in [1.54, 1.807) is 7.05 Å². The van der Waals surface area contributed by atoms with Crippen LogP contribution >= 0.6 is 0 Å². The molecule has 1 fully saturated rings. The van der Waals surface area contributed by atoms with E-state index >= 15 is 0 Å². The number of hydrogen-bond acceptors (Lipinski definition) is 2. The predicted molar refractivity (Wildman–Crippen MR) is 111 cm³/mol. The molecule has 0 aliphatic carbocycles. The number of nitrogens with zero attached hydrogens (tertiary/aromatic N) is 2. The highest BCUT2D eigenvalue weighted by Crippen LogP contribution is 2.21. The number of nitrogens with one attached hydrogen (secondary N) is 2. The minimum atomic E-state index is -0.0682. The third-order valence-corrected chi connectivity index (χ3v) is 4.96. The van der Waals surface area contributed by atoms with Crippen LogP contribution in [-0.2, 0) is 11.2 Å². The van der Waals surface area contributed by atoms with Crippen LogP contribution in [0.5, 0.6) is 0 Å². The Kier molecular flexibility index (Phi) is 6.85. The summed E-state index contributed by atoms with van der Waals surface area (Å²) in [6, 6.07) is 20.2. The molecule has 0 unspecified atom stereocenters. The predicted octanol–water partition coefficient (Wildman–Crippen LogP) is 3.16. The SMILES string of the molecule is CN=C(NCC(=O)Nc1ccccc1)N1CCC(Cc2ccccc2)CC1. The second-order valence-corrected chi connectivity index (χ2v) is 6.94. The van der Waals surface area contributed by atoms with Crippen molar-refractivity contribution in [2.45, 2.75) is 19.3 Å². The van der Waals surface area contributed by atoms with Gasteiger partial charge in [-0.05, 0) is 42.9 Å². The van der Waals surface area contributed by atoms with Gasteiger partial charge in [-0.15, -0.1) is 0 Å². The molecular formula is C22H28N4O. The zero-order chi connectivity index (χ0) is 18.9. The van der Waals surface area contributed by atoms with E-state index in [2.05, 4.69) is 50.9 Å². The fourth-order valence-corrected chi connectivity index (χ4v) is 3.51. The molecular weight excluding hydrogens is 336 g/mol. The quantitative estimate of drug-likeness (QED) is 0.633. The summed E-state index contributed by atoms with van der Waals surface area (Å²) >= 11 is 0. The zero-order valence-corrected chi connectivity index (χ0v) is 15.9. The van der Waals surface area contributed by atoms with Crippen LogP contribution in [0.15, 0.2) is 65.7 Å². The van der Waals surface area contributed by atoms with E-state index in [4.69, 9.17) is 0 Å². The molecule has 0 bridgehead atoms. The Morgan fingerprint density at radius 2 is 1.67 bits per heavy atom. The molecule has 0 aromatic heterocycles. The Labute approximate surface area is 161 Å². The lowest BCUT2D eigenvalue weighted by atomic mass is 9.90. The Bertz CT molecular complexity index is 737. The number of guanidine groups is 1. The van der Waals surface area contributed by atoms with Crippen molar-refractivity contribution < 1.29 is 4.79 Å². The van der Waals surface area contributed by atoms with Gasteiger partial charge in [0.2, 0.25) is 5.91 Å². The van der Waals surface area contributed by atoms with Crippen LogP contribution in [0.4, 0.5) is 5.69 Å². The average Bonchev–Trinajstić information content (AvgIpc) is 2.71. The summed E-state index contributed by atoms with van der Waals surface area (Å²) in [4.78, 5) is 18.7. The van der Waals surface area contributed by atoms with Gasteiger partial charge in [-0.2, -0.15) is 0 Å². The van der Waals surface area contributed by atoms with E-state index in [0.717, 1.165) is 44.0 Å². The van der Waals surface area contributed by atoms with Crippen molar-refractivity contribution in [3.63, 3.8) is 0 Å². The van der Waals surface area contributed by atoms with Crippen LogP contribution in [0, 0.1) is 5.92 Å². The molecule has 5 nitrogen and oxygen atoms in total. The number of aliphatic imine (C=N–C) groups is 1. The molecule has 2 aromatic carbocycles. The van der Waals surface area contributed by atoms with Crippen LogP contribution in [-0.4, -0.2) is 43.4 Å². The maximum atomic E-state index is 12.1. The standard InChI is InChI=1S/C22H28N4O/c1-23-22(24-17-21(27)25-20-10-6-3-7-11-20)26-14-12-19(13-15-26)16-18-8-4-2-5-9-18/h2-11,19H,12-17H2,1H3,(H,23,24)(H,25,27). The smallest absolute Gasteiger partial charge is 0.243 e. The molecule has 0 radical (unpaired) electrons. The molecule has 0 atom stereocenters. The van der Waals surface area contributed by atoms with Gasteiger partial charge in [0.25, 0.3) is 0 Å². The summed E-state index contributed by atoms with van der Waals surface area (Å²) in [7, 11) is 1.77. The third kappa shape index (κ3) is 5.84. The van der Waals surface area contributed by atoms with Gasteiger partial charge < -0.3 is 15.5 Å². The number of amides is 1. The highest BCUT2D eigenvalue weighted by Gasteiger charge is 2.21. The fourth-order valence-electron chi connectivity index (χ4n) is 3.51. The lowest BCUT2D eigenvalue weighted by Crippen LogP contribution is -2.47. The molecule has 27 heavy (non-hydrogen) atoms. The van der Waals surface area contributed by atoms with Gasteiger partial charge >= 0.3 is 0 Å². The van der Waals surface area contributed by atoms with Crippen LogP contribution in [0.2, 0.25) is 0 Å². The van der Waals surface area contributed by atoms with Gasteiger partial charge in [-0.25, -0.2) is 0 Å².